The third-order valence-electron chi connectivity index (χ3n) is 6.46. The Balaban J connectivity index is 1.58. The summed E-state index contributed by atoms with van der Waals surface area (Å²) in [6, 6.07) is 11.1. The van der Waals surface area contributed by atoms with Crippen molar-refractivity contribution in [1.29, 1.82) is 0 Å². The van der Waals surface area contributed by atoms with Gasteiger partial charge in [-0.05, 0) is 48.3 Å². The van der Waals surface area contributed by atoms with E-state index in [-0.39, 0.29) is 21.8 Å². The second-order valence-corrected chi connectivity index (χ2v) is 10.2. The number of hydrogen-bond acceptors (Lipinski definition) is 6. The van der Waals surface area contributed by atoms with Gasteiger partial charge in [-0.25, -0.2) is 4.79 Å². The second-order valence-electron chi connectivity index (χ2n) is 9.78. The van der Waals surface area contributed by atoms with Crippen LogP contribution in [0.2, 0.25) is 5.02 Å². The number of non-ortho nitro benzene ring substituents is 1. The zero-order chi connectivity index (χ0) is 25.3. The smallest absolute Gasteiger partial charge is 0.339 e. The summed E-state index contributed by atoms with van der Waals surface area (Å²) in [6.45, 7) is 6.02. The first kappa shape index (κ1) is 24.6. The maximum Gasteiger partial charge on any atom is 0.339 e. The van der Waals surface area contributed by atoms with Crippen molar-refractivity contribution in [1.82, 2.24) is 4.98 Å². The van der Waals surface area contributed by atoms with Gasteiger partial charge in [-0.15, -0.1) is 0 Å². The predicted molar refractivity (Wildman–Crippen MR) is 134 cm³/mol. The number of carbonyl (C=O) groups excluding carboxylic acids is 2. The van der Waals surface area contributed by atoms with Crippen LogP contribution in [-0.2, 0) is 22.4 Å². The van der Waals surface area contributed by atoms with E-state index in [2.05, 4.69) is 26.1 Å². The van der Waals surface area contributed by atoms with E-state index in [0.29, 0.717) is 28.8 Å². The lowest BCUT2D eigenvalue weighted by atomic mass is 9.70. The van der Waals surface area contributed by atoms with E-state index in [1.807, 2.05) is 24.3 Å². The van der Waals surface area contributed by atoms with Crippen molar-refractivity contribution in [3.8, 4) is 0 Å². The highest BCUT2D eigenvalue weighted by atomic mass is 35.5. The van der Waals surface area contributed by atoms with Crippen LogP contribution in [0.15, 0.2) is 42.5 Å². The number of anilines is 1. The molecule has 1 heterocycles. The van der Waals surface area contributed by atoms with Crippen LogP contribution in [0.25, 0.3) is 10.9 Å². The Morgan fingerprint density at radius 3 is 2.69 bits per heavy atom. The van der Waals surface area contributed by atoms with E-state index in [0.717, 1.165) is 30.2 Å². The van der Waals surface area contributed by atoms with E-state index in [9.17, 15) is 19.7 Å². The third kappa shape index (κ3) is 5.27. The number of pyridine rings is 1. The van der Waals surface area contributed by atoms with E-state index in [1.165, 1.54) is 12.1 Å². The fraction of sp³-hybridized carbons (Fsp3) is 0.346. The second kappa shape index (κ2) is 9.62. The largest absolute Gasteiger partial charge is 0.452 e. The number of nitro benzene ring substituents is 1. The summed E-state index contributed by atoms with van der Waals surface area (Å²) in [5, 5.41) is 14.3. The number of hydrogen-bond donors (Lipinski definition) is 1. The summed E-state index contributed by atoms with van der Waals surface area (Å²) in [5.41, 5.74) is 2.85. The molecule has 4 rings (SSSR count). The van der Waals surface area contributed by atoms with Crippen molar-refractivity contribution in [3.63, 3.8) is 0 Å². The number of nitrogens with one attached hydrogen (secondary N) is 1. The van der Waals surface area contributed by atoms with E-state index >= 15 is 0 Å². The molecule has 2 aromatic carbocycles. The van der Waals surface area contributed by atoms with Crippen molar-refractivity contribution in [2.75, 3.05) is 11.9 Å². The SMILES string of the molecule is CC(C)(C)C1CCc2nc3ccccc3c(C(=O)OCC(=O)Nc3cc([N+](=O)[O-])ccc3Cl)c2C1. The first-order valence-electron chi connectivity index (χ1n) is 11.4. The van der Waals surface area contributed by atoms with Gasteiger partial charge < -0.3 is 10.1 Å². The number of ether oxygens (including phenoxy) is 1. The number of aromatic nitrogens is 1. The zero-order valence-corrected chi connectivity index (χ0v) is 20.5. The van der Waals surface area contributed by atoms with Crippen LogP contribution in [0.3, 0.4) is 0 Å². The fourth-order valence-corrected chi connectivity index (χ4v) is 4.64. The molecule has 0 saturated heterocycles. The monoisotopic (exact) mass is 495 g/mol. The van der Waals surface area contributed by atoms with E-state index in [1.54, 1.807) is 0 Å². The summed E-state index contributed by atoms with van der Waals surface area (Å²) >= 11 is 6.05. The first-order chi connectivity index (χ1) is 16.5. The Bertz CT molecular complexity index is 1330. The van der Waals surface area contributed by atoms with Crippen LogP contribution in [-0.4, -0.2) is 28.4 Å². The molecule has 1 aliphatic rings. The highest BCUT2D eigenvalue weighted by molar-refractivity contribution is 6.33. The Morgan fingerprint density at radius 2 is 1.97 bits per heavy atom. The number of rotatable bonds is 5. The first-order valence-corrected chi connectivity index (χ1v) is 11.7. The van der Waals surface area contributed by atoms with Crippen molar-refractivity contribution in [2.45, 2.75) is 40.0 Å². The summed E-state index contributed by atoms with van der Waals surface area (Å²) in [4.78, 5) is 41.0. The highest BCUT2D eigenvalue weighted by Crippen LogP contribution is 2.39. The molecule has 182 valence electrons. The molecule has 1 unspecified atom stereocenters. The van der Waals surface area contributed by atoms with Crippen molar-refractivity contribution >= 4 is 45.8 Å². The van der Waals surface area contributed by atoms with E-state index < -0.39 is 23.4 Å². The number of amides is 1. The lowest BCUT2D eigenvalue weighted by molar-refractivity contribution is -0.384. The number of benzene rings is 2. The van der Waals surface area contributed by atoms with Gasteiger partial charge in [-0.1, -0.05) is 50.6 Å². The number of carbonyl (C=O) groups is 2. The molecule has 0 radical (unpaired) electrons. The van der Waals surface area contributed by atoms with Gasteiger partial charge in [0.25, 0.3) is 11.6 Å². The summed E-state index contributed by atoms with van der Waals surface area (Å²) in [5.74, 6) is -0.876. The number of para-hydroxylation sites is 1. The van der Waals surface area contributed by atoms with Gasteiger partial charge in [0.1, 0.15) is 0 Å². The Labute approximate surface area is 207 Å². The number of nitro groups is 1. The third-order valence-corrected chi connectivity index (χ3v) is 6.79. The zero-order valence-electron chi connectivity index (χ0n) is 19.8. The van der Waals surface area contributed by atoms with Crippen LogP contribution in [0.4, 0.5) is 11.4 Å². The molecule has 0 fully saturated rings. The maximum absolute atomic E-state index is 13.3. The van der Waals surface area contributed by atoms with Gasteiger partial charge in [0.05, 0.1) is 26.7 Å². The van der Waals surface area contributed by atoms with Gasteiger partial charge in [0.15, 0.2) is 6.61 Å². The van der Waals surface area contributed by atoms with Crippen molar-refractivity contribution in [2.24, 2.45) is 11.3 Å². The number of fused-ring (bicyclic) bond motifs is 2. The molecular weight excluding hydrogens is 470 g/mol. The number of esters is 1. The molecule has 1 N–H and O–H groups in total. The Morgan fingerprint density at radius 1 is 1.23 bits per heavy atom. The quantitative estimate of drug-likeness (QED) is 0.274. The lowest BCUT2D eigenvalue weighted by Gasteiger charge is -2.35. The molecule has 0 bridgehead atoms. The molecule has 3 aromatic rings. The lowest BCUT2D eigenvalue weighted by Crippen LogP contribution is -2.29. The summed E-state index contributed by atoms with van der Waals surface area (Å²) < 4.78 is 5.42. The molecule has 0 saturated carbocycles. The minimum absolute atomic E-state index is 0.0710. The van der Waals surface area contributed by atoms with Crippen LogP contribution in [0.5, 0.6) is 0 Å². The average molecular weight is 496 g/mol. The van der Waals surface area contributed by atoms with Gasteiger partial charge in [0, 0.05) is 23.2 Å². The van der Waals surface area contributed by atoms with Crippen LogP contribution < -0.4 is 5.32 Å². The number of nitrogens with zero attached hydrogens (tertiary/aromatic N) is 2. The topological polar surface area (TPSA) is 111 Å². The predicted octanol–water partition coefficient (Wildman–Crippen LogP) is 5.74. The molecular formula is C26H26ClN3O5. The van der Waals surface area contributed by atoms with Crippen LogP contribution in [0.1, 0.15) is 48.8 Å². The number of halogens is 1. The molecule has 35 heavy (non-hydrogen) atoms. The van der Waals surface area contributed by atoms with Crippen molar-refractivity contribution in [3.05, 3.63) is 74.4 Å². The normalized spacial score (nSPS) is 15.4. The minimum Gasteiger partial charge on any atom is -0.452 e. The molecule has 8 nitrogen and oxygen atoms in total. The molecule has 0 aliphatic heterocycles. The van der Waals surface area contributed by atoms with E-state index in [4.69, 9.17) is 21.3 Å². The standard InChI is InChI=1S/C26H26ClN3O5/c1-26(2,3)15-8-11-21-18(12-15)24(17-6-4-5-7-20(17)28-21)25(32)35-14-23(31)29-22-13-16(30(33)34)9-10-19(22)27/h4-7,9-10,13,15H,8,11-12,14H2,1-3H3,(H,29,31). The van der Waals surface area contributed by atoms with Crippen molar-refractivity contribution < 1.29 is 19.2 Å². The molecule has 1 atom stereocenters. The van der Waals surface area contributed by atoms with Gasteiger partial charge in [-0.3, -0.25) is 19.9 Å². The maximum atomic E-state index is 13.3. The fourth-order valence-electron chi connectivity index (χ4n) is 4.47. The summed E-state index contributed by atoms with van der Waals surface area (Å²) in [6.07, 6.45) is 2.47. The van der Waals surface area contributed by atoms with Gasteiger partial charge in [0.2, 0.25) is 0 Å². The Hall–Kier alpha value is -3.52. The van der Waals surface area contributed by atoms with Crippen LogP contribution >= 0.6 is 11.6 Å². The average Bonchev–Trinajstić information content (AvgIpc) is 2.81. The molecule has 9 heteroatoms. The van der Waals surface area contributed by atoms with Gasteiger partial charge in [-0.2, -0.15) is 0 Å². The van der Waals surface area contributed by atoms with Crippen LogP contribution in [0, 0.1) is 21.4 Å². The molecule has 0 spiro atoms. The highest BCUT2D eigenvalue weighted by Gasteiger charge is 2.33. The minimum atomic E-state index is -0.652. The molecule has 1 aromatic heterocycles. The Kier molecular flexibility index (Phi) is 6.76. The summed E-state index contributed by atoms with van der Waals surface area (Å²) in [7, 11) is 0. The van der Waals surface area contributed by atoms with Gasteiger partial charge >= 0.3 is 5.97 Å². The molecule has 1 amide bonds. The number of aryl methyl sites for hydroxylation is 1. The molecule has 1 aliphatic carbocycles.